The van der Waals surface area contributed by atoms with Crippen LogP contribution in [0.1, 0.15) is 42.5 Å². The van der Waals surface area contributed by atoms with Gasteiger partial charge in [0.1, 0.15) is 0 Å². The van der Waals surface area contributed by atoms with E-state index in [0.717, 1.165) is 16.7 Å². The average molecular weight is 401 g/mol. The quantitative estimate of drug-likeness (QED) is 0.834. The van der Waals surface area contributed by atoms with E-state index in [1.54, 1.807) is 30.3 Å². The van der Waals surface area contributed by atoms with E-state index >= 15 is 0 Å². The first-order valence-corrected chi connectivity index (χ1v) is 11.2. The van der Waals surface area contributed by atoms with Crippen LogP contribution < -0.4 is 5.32 Å². The van der Waals surface area contributed by atoms with E-state index in [9.17, 15) is 13.2 Å². The van der Waals surface area contributed by atoms with Gasteiger partial charge in [-0.15, -0.1) is 0 Å². The highest BCUT2D eigenvalue weighted by molar-refractivity contribution is 7.89. The van der Waals surface area contributed by atoms with Crippen LogP contribution in [0.25, 0.3) is 0 Å². The zero-order valence-electron chi connectivity index (χ0n) is 16.7. The first-order chi connectivity index (χ1) is 13.3. The number of amides is 1. The van der Waals surface area contributed by atoms with Gasteiger partial charge in [0, 0.05) is 13.1 Å². The molecule has 1 heterocycles. The normalized spacial score (nSPS) is 19.2. The molecule has 6 heteroatoms. The van der Waals surface area contributed by atoms with E-state index in [0.29, 0.717) is 19.4 Å². The summed E-state index contributed by atoms with van der Waals surface area (Å²) in [7, 11) is -3.57. The Hall–Kier alpha value is -2.18. The number of hydrogen-bond donors (Lipinski definition) is 1. The molecule has 1 saturated heterocycles. The number of piperidine rings is 1. The Kier molecular flexibility index (Phi) is 6.20. The Balaban J connectivity index is 1.70. The standard InChI is InChI=1S/C22H28N2O3S/c1-16-11-12-17(2)21(14-16)18(3)23-22(25)19-8-7-13-24(15-19)28(26,27)20-9-5-4-6-10-20/h4-6,9-12,14,18-19H,7-8,13,15H2,1-3H3,(H,23,25)/t18-,19-/m1/s1. The summed E-state index contributed by atoms with van der Waals surface area (Å²) in [6.07, 6.45) is 1.38. The molecule has 0 aliphatic carbocycles. The van der Waals surface area contributed by atoms with E-state index in [1.165, 1.54) is 4.31 Å². The molecule has 1 fully saturated rings. The maximum Gasteiger partial charge on any atom is 0.243 e. The number of nitrogens with one attached hydrogen (secondary N) is 1. The van der Waals surface area contributed by atoms with Crippen molar-refractivity contribution in [2.75, 3.05) is 13.1 Å². The fourth-order valence-corrected chi connectivity index (χ4v) is 5.30. The van der Waals surface area contributed by atoms with Crippen molar-refractivity contribution in [1.82, 2.24) is 9.62 Å². The Bertz CT molecular complexity index is 942. The average Bonchev–Trinajstić information content (AvgIpc) is 2.70. The highest BCUT2D eigenvalue weighted by Crippen LogP contribution is 2.25. The highest BCUT2D eigenvalue weighted by atomic mass is 32.2. The summed E-state index contributed by atoms with van der Waals surface area (Å²) >= 11 is 0. The molecule has 0 bridgehead atoms. The molecule has 28 heavy (non-hydrogen) atoms. The minimum atomic E-state index is -3.57. The lowest BCUT2D eigenvalue weighted by Gasteiger charge is -2.32. The van der Waals surface area contributed by atoms with Crippen LogP contribution in [0.5, 0.6) is 0 Å². The van der Waals surface area contributed by atoms with Crippen LogP contribution in [0.15, 0.2) is 53.4 Å². The second kappa shape index (κ2) is 8.45. The van der Waals surface area contributed by atoms with Gasteiger partial charge in [-0.2, -0.15) is 4.31 Å². The number of carbonyl (C=O) groups excluding carboxylic acids is 1. The van der Waals surface area contributed by atoms with E-state index in [4.69, 9.17) is 0 Å². The van der Waals surface area contributed by atoms with Crippen LogP contribution in [0.4, 0.5) is 0 Å². The zero-order chi connectivity index (χ0) is 20.3. The van der Waals surface area contributed by atoms with Crippen molar-refractivity contribution in [2.24, 2.45) is 5.92 Å². The van der Waals surface area contributed by atoms with Crippen molar-refractivity contribution in [3.05, 3.63) is 65.2 Å². The van der Waals surface area contributed by atoms with E-state index < -0.39 is 10.0 Å². The summed E-state index contributed by atoms with van der Waals surface area (Å²) in [6.45, 7) is 6.72. The monoisotopic (exact) mass is 400 g/mol. The molecule has 0 unspecified atom stereocenters. The number of benzene rings is 2. The molecule has 0 spiro atoms. The Morgan fingerprint density at radius 2 is 1.86 bits per heavy atom. The lowest BCUT2D eigenvalue weighted by atomic mass is 9.96. The number of hydrogen-bond acceptors (Lipinski definition) is 3. The van der Waals surface area contributed by atoms with Crippen LogP contribution in [-0.2, 0) is 14.8 Å². The molecule has 5 nitrogen and oxygen atoms in total. The van der Waals surface area contributed by atoms with Gasteiger partial charge < -0.3 is 5.32 Å². The van der Waals surface area contributed by atoms with Gasteiger partial charge in [-0.1, -0.05) is 42.0 Å². The van der Waals surface area contributed by atoms with Crippen molar-refractivity contribution in [3.63, 3.8) is 0 Å². The van der Waals surface area contributed by atoms with Crippen LogP contribution in [0, 0.1) is 19.8 Å². The first-order valence-electron chi connectivity index (χ1n) is 9.72. The van der Waals surface area contributed by atoms with Gasteiger partial charge in [0.15, 0.2) is 0 Å². The summed E-state index contributed by atoms with van der Waals surface area (Å²) in [5, 5.41) is 3.09. The van der Waals surface area contributed by atoms with Crippen molar-refractivity contribution in [1.29, 1.82) is 0 Å². The van der Waals surface area contributed by atoms with Crippen molar-refractivity contribution >= 4 is 15.9 Å². The molecular formula is C22H28N2O3S. The number of rotatable bonds is 5. The van der Waals surface area contributed by atoms with Crippen molar-refractivity contribution < 1.29 is 13.2 Å². The third-order valence-corrected chi connectivity index (χ3v) is 7.28. The first kappa shape index (κ1) is 20.6. The number of carbonyl (C=O) groups is 1. The second-order valence-corrected chi connectivity index (χ2v) is 9.54. The largest absolute Gasteiger partial charge is 0.349 e. The van der Waals surface area contributed by atoms with E-state index in [1.807, 2.05) is 20.8 Å². The van der Waals surface area contributed by atoms with Crippen LogP contribution >= 0.6 is 0 Å². The molecule has 2 aromatic rings. The third-order valence-electron chi connectivity index (χ3n) is 5.40. The summed E-state index contributed by atoms with van der Waals surface area (Å²) in [4.78, 5) is 13.1. The summed E-state index contributed by atoms with van der Waals surface area (Å²) in [6, 6.07) is 14.5. The number of aryl methyl sites for hydroxylation is 2. The summed E-state index contributed by atoms with van der Waals surface area (Å²) < 4.78 is 27.2. The molecule has 150 valence electrons. The zero-order valence-corrected chi connectivity index (χ0v) is 17.5. The molecular weight excluding hydrogens is 372 g/mol. The third kappa shape index (κ3) is 4.45. The van der Waals surface area contributed by atoms with Gasteiger partial charge >= 0.3 is 0 Å². The summed E-state index contributed by atoms with van der Waals surface area (Å²) in [5.41, 5.74) is 3.38. The maximum absolute atomic E-state index is 12.9. The molecule has 2 aromatic carbocycles. The predicted molar refractivity (Wildman–Crippen MR) is 110 cm³/mol. The number of sulfonamides is 1. The van der Waals surface area contributed by atoms with E-state index in [2.05, 4.69) is 23.5 Å². The van der Waals surface area contributed by atoms with Gasteiger partial charge in [0.05, 0.1) is 16.9 Å². The van der Waals surface area contributed by atoms with Crippen LogP contribution in [0.2, 0.25) is 0 Å². The van der Waals surface area contributed by atoms with Crippen LogP contribution in [0.3, 0.4) is 0 Å². The van der Waals surface area contributed by atoms with Gasteiger partial charge in [-0.25, -0.2) is 8.42 Å². The molecule has 1 aliphatic heterocycles. The molecule has 0 saturated carbocycles. The maximum atomic E-state index is 12.9. The topological polar surface area (TPSA) is 66.5 Å². The molecule has 2 atom stereocenters. The molecule has 1 N–H and O–H groups in total. The second-order valence-electron chi connectivity index (χ2n) is 7.61. The molecule has 1 aliphatic rings. The smallest absolute Gasteiger partial charge is 0.243 e. The van der Waals surface area contributed by atoms with Crippen molar-refractivity contribution in [2.45, 2.75) is 44.6 Å². The molecule has 0 aromatic heterocycles. The predicted octanol–water partition coefficient (Wildman–Crippen LogP) is 3.58. The highest BCUT2D eigenvalue weighted by Gasteiger charge is 2.33. The lowest BCUT2D eigenvalue weighted by molar-refractivity contribution is -0.126. The fourth-order valence-electron chi connectivity index (χ4n) is 3.75. The van der Waals surface area contributed by atoms with Crippen LogP contribution in [-0.4, -0.2) is 31.7 Å². The van der Waals surface area contributed by atoms with Gasteiger partial charge in [-0.05, 0) is 56.9 Å². The lowest BCUT2D eigenvalue weighted by Crippen LogP contribution is -2.45. The fraction of sp³-hybridized carbons (Fsp3) is 0.409. The minimum absolute atomic E-state index is 0.0821. The van der Waals surface area contributed by atoms with Crippen molar-refractivity contribution in [3.8, 4) is 0 Å². The van der Waals surface area contributed by atoms with Gasteiger partial charge in [-0.3, -0.25) is 4.79 Å². The molecule has 3 rings (SSSR count). The summed E-state index contributed by atoms with van der Waals surface area (Å²) in [5.74, 6) is -0.416. The molecule has 1 amide bonds. The number of nitrogens with zero attached hydrogens (tertiary/aromatic N) is 1. The SMILES string of the molecule is Cc1ccc(C)c([C@@H](C)NC(=O)[C@@H]2CCCN(S(=O)(=O)c3ccccc3)C2)c1. The van der Waals surface area contributed by atoms with E-state index in [-0.39, 0.29) is 29.3 Å². The Labute approximate surface area is 167 Å². The molecule has 0 radical (unpaired) electrons. The Morgan fingerprint density at radius 1 is 1.14 bits per heavy atom. The van der Waals surface area contributed by atoms with Gasteiger partial charge in [0.2, 0.25) is 15.9 Å². The van der Waals surface area contributed by atoms with Gasteiger partial charge in [0.25, 0.3) is 0 Å². The minimum Gasteiger partial charge on any atom is -0.349 e. The Morgan fingerprint density at radius 3 is 2.57 bits per heavy atom.